The van der Waals surface area contributed by atoms with Crippen LogP contribution >= 0.6 is 0 Å². The predicted molar refractivity (Wildman–Crippen MR) is 95.1 cm³/mol. The summed E-state index contributed by atoms with van der Waals surface area (Å²) >= 11 is 0. The molecule has 0 aliphatic carbocycles. The second-order valence-corrected chi connectivity index (χ2v) is 6.57. The van der Waals surface area contributed by atoms with Crippen LogP contribution in [0.4, 0.5) is 0 Å². The third kappa shape index (κ3) is 7.92. The fourth-order valence-corrected chi connectivity index (χ4v) is 3.04. The molecule has 1 fully saturated rings. The van der Waals surface area contributed by atoms with Crippen LogP contribution in [-0.2, 0) is 14.3 Å². The maximum Gasteiger partial charge on any atom is 0.248 e. The van der Waals surface area contributed by atoms with Crippen molar-refractivity contribution in [2.75, 3.05) is 52.5 Å². The van der Waals surface area contributed by atoms with Gasteiger partial charge in [-0.25, -0.2) is 0 Å². The molecule has 0 bridgehead atoms. The number of morpholine rings is 1. The van der Waals surface area contributed by atoms with E-state index in [2.05, 4.69) is 25.7 Å². The van der Waals surface area contributed by atoms with Gasteiger partial charge in [0.2, 0.25) is 5.91 Å². The normalized spacial score (nSPS) is 21.8. The molecule has 1 heterocycles. The predicted octanol–water partition coefficient (Wildman–Crippen LogP) is 1.51. The molecule has 1 amide bonds. The summed E-state index contributed by atoms with van der Waals surface area (Å²) in [6.45, 7) is 11.0. The van der Waals surface area contributed by atoms with Crippen molar-refractivity contribution in [2.45, 2.75) is 58.7 Å². The van der Waals surface area contributed by atoms with Gasteiger partial charge < -0.3 is 19.5 Å². The molecule has 1 saturated heterocycles. The molecule has 2 unspecified atom stereocenters. The number of ether oxygens (including phenoxy) is 2. The Kier molecular flexibility index (Phi) is 11.2. The van der Waals surface area contributed by atoms with Gasteiger partial charge >= 0.3 is 0 Å². The number of aliphatic hydroxyl groups is 1. The fraction of sp³-hybridized carbons (Fsp3) is 0.944. The van der Waals surface area contributed by atoms with E-state index in [1.165, 1.54) is 0 Å². The molecular weight excluding hydrogens is 308 g/mol. The summed E-state index contributed by atoms with van der Waals surface area (Å²) in [5.41, 5.74) is 0. The summed E-state index contributed by atoms with van der Waals surface area (Å²) in [7, 11) is 0. The maximum absolute atomic E-state index is 12.2. The maximum atomic E-state index is 12.2. The highest BCUT2D eigenvalue weighted by Gasteiger charge is 2.27. The summed E-state index contributed by atoms with van der Waals surface area (Å²) < 4.78 is 11.5. The zero-order valence-corrected chi connectivity index (χ0v) is 15.7. The molecule has 2 atom stereocenters. The third-order valence-electron chi connectivity index (χ3n) is 4.21. The summed E-state index contributed by atoms with van der Waals surface area (Å²) in [6, 6.07) is 0. The highest BCUT2D eigenvalue weighted by atomic mass is 16.5. The molecule has 142 valence electrons. The average molecular weight is 344 g/mol. The number of aliphatic hydroxyl groups excluding tert-OH is 1. The molecule has 6 heteroatoms. The second kappa shape index (κ2) is 12.6. The smallest absolute Gasteiger partial charge is 0.248 e. The Morgan fingerprint density at radius 2 is 1.83 bits per heavy atom. The van der Waals surface area contributed by atoms with E-state index >= 15 is 0 Å². The number of hydrogen-bond acceptors (Lipinski definition) is 5. The Morgan fingerprint density at radius 1 is 1.17 bits per heavy atom. The lowest BCUT2D eigenvalue weighted by atomic mass is 10.2. The largest absolute Gasteiger partial charge is 0.394 e. The van der Waals surface area contributed by atoms with E-state index in [0.29, 0.717) is 6.61 Å². The first kappa shape index (κ1) is 21.4. The van der Waals surface area contributed by atoms with Crippen LogP contribution in [0.1, 0.15) is 46.5 Å². The van der Waals surface area contributed by atoms with Crippen molar-refractivity contribution < 1.29 is 19.4 Å². The van der Waals surface area contributed by atoms with Crippen LogP contribution < -0.4 is 0 Å². The van der Waals surface area contributed by atoms with E-state index in [0.717, 1.165) is 58.4 Å². The number of carbonyl (C=O) groups excluding carboxylic acids is 1. The molecule has 1 aliphatic rings. The van der Waals surface area contributed by atoms with Gasteiger partial charge in [-0.05, 0) is 25.8 Å². The van der Waals surface area contributed by atoms with E-state index in [1.807, 2.05) is 4.90 Å². The lowest BCUT2D eigenvalue weighted by Gasteiger charge is -2.37. The molecule has 0 radical (unpaired) electrons. The number of unbranched alkanes of at least 4 members (excludes halogenated alkanes) is 1. The van der Waals surface area contributed by atoms with Gasteiger partial charge in [0.05, 0.1) is 25.4 Å². The van der Waals surface area contributed by atoms with E-state index in [9.17, 15) is 9.90 Å². The topological polar surface area (TPSA) is 62.2 Å². The quantitative estimate of drug-likeness (QED) is 0.581. The first-order valence-corrected chi connectivity index (χ1v) is 9.48. The van der Waals surface area contributed by atoms with Crippen molar-refractivity contribution in [1.82, 2.24) is 9.80 Å². The summed E-state index contributed by atoms with van der Waals surface area (Å²) in [4.78, 5) is 16.4. The molecule has 6 nitrogen and oxygen atoms in total. The van der Waals surface area contributed by atoms with Crippen molar-refractivity contribution in [2.24, 2.45) is 0 Å². The van der Waals surface area contributed by atoms with Gasteiger partial charge in [0.25, 0.3) is 0 Å². The van der Waals surface area contributed by atoms with Gasteiger partial charge in [0.15, 0.2) is 0 Å². The lowest BCUT2D eigenvalue weighted by Crippen LogP contribution is -2.50. The SMILES string of the molecule is CCCCN1CC(CO)OC(COCC(=O)N(CCC)CCC)C1. The molecule has 0 aromatic heterocycles. The molecule has 1 N–H and O–H groups in total. The van der Waals surface area contributed by atoms with Crippen molar-refractivity contribution in [3.05, 3.63) is 0 Å². The summed E-state index contributed by atoms with van der Waals surface area (Å²) in [5, 5.41) is 9.40. The van der Waals surface area contributed by atoms with Gasteiger partial charge in [-0.3, -0.25) is 9.69 Å². The standard InChI is InChI=1S/C18H36N2O4/c1-4-7-10-19-11-16(13-21)24-17(12-19)14-23-15-18(22)20(8-5-2)9-6-3/h16-17,21H,4-15H2,1-3H3. The van der Waals surface area contributed by atoms with E-state index in [1.54, 1.807) is 0 Å². The van der Waals surface area contributed by atoms with Crippen LogP contribution in [0.3, 0.4) is 0 Å². The van der Waals surface area contributed by atoms with Crippen molar-refractivity contribution in [3.63, 3.8) is 0 Å². The van der Waals surface area contributed by atoms with Crippen molar-refractivity contribution in [3.8, 4) is 0 Å². The second-order valence-electron chi connectivity index (χ2n) is 6.57. The van der Waals surface area contributed by atoms with Crippen molar-refractivity contribution >= 4 is 5.91 Å². The molecule has 24 heavy (non-hydrogen) atoms. The molecule has 1 rings (SSSR count). The van der Waals surface area contributed by atoms with Gasteiger partial charge in [0.1, 0.15) is 6.61 Å². The molecule has 0 spiro atoms. The highest BCUT2D eigenvalue weighted by Crippen LogP contribution is 2.12. The van der Waals surface area contributed by atoms with Crippen LogP contribution in [0.2, 0.25) is 0 Å². The van der Waals surface area contributed by atoms with Crippen LogP contribution in [-0.4, -0.2) is 85.6 Å². The minimum Gasteiger partial charge on any atom is -0.394 e. The van der Waals surface area contributed by atoms with Gasteiger partial charge in [-0.2, -0.15) is 0 Å². The Balaban J connectivity index is 2.37. The molecular formula is C18H36N2O4. The van der Waals surface area contributed by atoms with E-state index < -0.39 is 0 Å². The minimum absolute atomic E-state index is 0.0266. The van der Waals surface area contributed by atoms with Crippen LogP contribution in [0, 0.1) is 0 Å². The highest BCUT2D eigenvalue weighted by molar-refractivity contribution is 5.77. The zero-order valence-electron chi connectivity index (χ0n) is 15.7. The summed E-state index contributed by atoms with van der Waals surface area (Å²) in [5.74, 6) is 0.0519. The molecule has 0 saturated carbocycles. The van der Waals surface area contributed by atoms with Crippen LogP contribution in [0.15, 0.2) is 0 Å². The first-order valence-electron chi connectivity index (χ1n) is 9.48. The summed E-state index contributed by atoms with van der Waals surface area (Å²) in [6.07, 6.45) is 3.99. The van der Waals surface area contributed by atoms with E-state index in [4.69, 9.17) is 9.47 Å². The van der Waals surface area contributed by atoms with Crippen LogP contribution in [0.5, 0.6) is 0 Å². The Labute approximate surface area is 147 Å². The minimum atomic E-state index is -0.156. The average Bonchev–Trinajstić information content (AvgIpc) is 2.59. The zero-order chi connectivity index (χ0) is 17.8. The number of nitrogens with zero attached hydrogens (tertiary/aromatic N) is 2. The number of amides is 1. The Morgan fingerprint density at radius 3 is 2.42 bits per heavy atom. The number of hydrogen-bond donors (Lipinski definition) is 1. The number of rotatable bonds is 12. The first-order chi connectivity index (χ1) is 11.6. The van der Waals surface area contributed by atoms with Gasteiger partial charge in [0, 0.05) is 26.2 Å². The Hall–Kier alpha value is -0.690. The fourth-order valence-electron chi connectivity index (χ4n) is 3.04. The monoisotopic (exact) mass is 344 g/mol. The van der Waals surface area contributed by atoms with Crippen molar-refractivity contribution in [1.29, 1.82) is 0 Å². The van der Waals surface area contributed by atoms with Gasteiger partial charge in [-0.1, -0.05) is 27.2 Å². The van der Waals surface area contributed by atoms with Gasteiger partial charge in [-0.15, -0.1) is 0 Å². The third-order valence-corrected chi connectivity index (χ3v) is 4.21. The molecule has 1 aliphatic heterocycles. The van der Waals surface area contributed by atoms with Crippen LogP contribution in [0.25, 0.3) is 0 Å². The number of carbonyl (C=O) groups is 1. The molecule has 0 aromatic rings. The van der Waals surface area contributed by atoms with E-state index in [-0.39, 0.29) is 31.3 Å². The Bertz CT molecular complexity index is 335. The molecule has 0 aromatic carbocycles. The lowest BCUT2D eigenvalue weighted by molar-refractivity contribution is -0.145.